The second kappa shape index (κ2) is 7.51. The molecule has 1 saturated heterocycles. The summed E-state index contributed by atoms with van der Waals surface area (Å²) in [5.74, 6) is 1.68. The first-order valence-corrected chi connectivity index (χ1v) is 9.12. The van der Waals surface area contributed by atoms with Crippen molar-refractivity contribution in [3.05, 3.63) is 41.0 Å². The highest BCUT2D eigenvalue weighted by atomic mass is 79.9. The molecule has 25 heavy (non-hydrogen) atoms. The van der Waals surface area contributed by atoms with Crippen molar-refractivity contribution < 1.29 is 9.47 Å². The lowest BCUT2D eigenvalue weighted by Crippen LogP contribution is -2.38. The normalized spacial score (nSPS) is 15.6. The standard InChI is InChI=1S/C18H19BrN4O2/c19-14-11-16-18(20-12-14)22-17(21-16)13-1-3-15(4-2-13)25-10-7-23-5-8-24-9-6-23/h1-4,11-12H,5-10H2,(H,20,21,22). The third kappa shape index (κ3) is 4.00. The summed E-state index contributed by atoms with van der Waals surface area (Å²) in [5.41, 5.74) is 2.63. The summed E-state index contributed by atoms with van der Waals surface area (Å²) in [5, 5.41) is 0. The van der Waals surface area contributed by atoms with Gasteiger partial charge in [-0.05, 0) is 46.3 Å². The molecule has 1 fully saturated rings. The molecule has 1 N–H and O–H groups in total. The summed E-state index contributed by atoms with van der Waals surface area (Å²) in [7, 11) is 0. The number of morpholine rings is 1. The van der Waals surface area contributed by atoms with Gasteiger partial charge in [-0.1, -0.05) is 0 Å². The Morgan fingerprint density at radius 2 is 2.00 bits per heavy atom. The number of benzene rings is 1. The van der Waals surface area contributed by atoms with Gasteiger partial charge in [0.1, 0.15) is 23.7 Å². The van der Waals surface area contributed by atoms with Crippen LogP contribution in [-0.4, -0.2) is 59.3 Å². The van der Waals surface area contributed by atoms with Gasteiger partial charge in [0, 0.05) is 35.9 Å². The molecule has 0 bridgehead atoms. The number of ether oxygens (including phenoxy) is 2. The zero-order valence-corrected chi connectivity index (χ0v) is 15.3. The summed E-state index contributed by atoms with van der Waals surface area (Å²) in [6.45, 7) is 5.21. The number of aromatic amines is 1. The fraction of sp³-hybridized carbons (Fsp3) is 0.333. The molecular formula is C18H19BrN4O2. The molecule has 6 nitrogen and oxygen atoms in total. The van der Waals surface area contributed by atoms with Crippen LogP contribution in [0.4, 0.5) is 0 Å². The largest absolute Gasteiger partial charge is 0.492 e. The summed E-state index contributed by atoms with van der Waals surface area (Å²) < 4.78 is 12.1. The maximum atomic E-state index is 5.84. The molecule has 7 heteroatoms. The van der Waals surface area contributed by atoms with Gasteiger partial charge in [0.05, 0.1) is 13.2 Å². The number of H-pyrrole nitrogens is 1. The van der Waals surface area contributed by atoms with Crippen LogP contribution in [0.25, 0.3) is 22.6 Å². The molecule has 0 spiro atoms. The Kier molecular flexibility index (Phi) is 4.96. The molecule has 3 aromatic rings. The maximum absolute atomic E-state index is 5.84. The second-order valence-electron chi connectivity index (χ2n) is 5.93. The molecule has 0 amide bonds. The molecular weight excluding hydrogens is 384 g/mol. The van der Waals surface area contributed by atoms with Crippen LogP contribution in [0.2, 0.25) is 0 Å². The van der Waals surface area contributed by atoms with E-state index in [1.807, 2.05) is 30.3 Å². The summed E-state index contributed by atoms with van der Waals surface area (Å²) in [6.07, 6.45) is 1.76. The lowest BCUT2D eigenvalue weighted by atomic mass is 10.2. The van der Waals surface area contributed by atoms with Gasteiger partial charge in [-0.2, -0.15) is 0 Å². The van der Waals surface area contributed by atoms with Crippen LogP contribution in [0, 0.1) is 0 Å². The van der Waals surface area contributed by atoms with Crippen molar-refractivity contribution in [2.24, 2.45) is 0 Å². The van der Waals surface area contributed by atoms with Gasteiger partial charge in [0.25, 0.3) is 0 Å². The van der Waals surface area contributed by atoms with Crippen LogP contribution in [-0.2, 0) is 4.74 Å². The van der Waals surface area contributed by atoms with Gasteiger partial charge in [-0.25, -0.2) is 9.97 Å². The molecule has 0 unspecified atom stereocenters. The minimum absolute atomic E-state index is 0.682. The third-order valence-electron chi connectivity index (χ3n) is 4.21. The molecule has 0 atom stereocenters. The number of fused-ring (bicyclic) bond motifs is 1. The quantitative estimate of drug-likeness (QED) is 0.710. The highest BCUT2D eigenvalue weighted by molar-refractivity contribution is 9.10. The van der Waals surface area contributed by atoms with E-state index >= 15 is 0 Å². The van der Waals surface area contributed by atoms with Crippen LogP contribution in [0.3, 0.4) is 0 Å². The SMILES string of the molecule is Brc1cnc2[nH]c(-c3ccc(OCCN4CCOCC4)cc3)nc2c1. The van der Waals surface area contributed by atoms with Crippen LogP contribution in [0.15, 0.2) is 41.0 Å². The van der Waals surface area contributed by atoms with E-state index in [0.717, 1.165) is 65.6 Å². The number of nitrogens with zero attached hydrogens (tertiary/aromatic N) is 3. The Bertz CT molecular complexity index is 844. The fourth-order valence-corrected chi connectivity index (χ4v) is 3.15. The lowest BCUT2D eigenvalue weighted by molar-refractivity contribution is 0.0322. The monoisotopic (exact) mass is 402 g/mol. The maximum Gasteiger partial charge on any atom is 0.157 e. The molecule has 3 heterocycles. The van der Waals surface area contributed by atoms with E-state index < -0.39 is 0 Å². The molecule has 130 valence electrons. The first kappa shape index (κ1) is 16.5. The van der Waals surface area contributed by atoms with Crippen LogP contribution in [0.1, 0.15) is 0 Å². The minimum atomic E-state index is 0.682. The first-order valence-electron chi connectivity index (χ1n) is 8.32. The fourth-order valence-electron chi connectivity index (χ4n) is 2.83. The van der Waals surface area contributed by atoms with E-state index in [1.54, 1.807) is 6.20 Å². The second-order valence-corrected chi connectivity index (χ2v) is 6.85. The number of hydrogen-bond acceptors (Lipinski definition) is 5. The Balaban J connectivity index is 1.38. The van der Waals surface area contributed by atoms with Gasteiger partial charge >= 0.3 is 0 Å². The summed E-state index contributed by atoms with van der Waals surface area (Å²) >= 11 is 3.42. The van der Waals surface area contributed by atoms with E-state index in [2.05, 4.69) is 35.8 Å². The van der Waals surface area contributed by atoms with Crippen molar-refractivity contribution in [1.82, 2.24) is 19.9 Å². The number of nitrogens with one attached hydrogen (secondary N) is 1. The van der Waals surface area contributed by atoms with Crippen molar-refractivity contribution in [2.45, 2.75) is 0 Å². The number of pyridine rings is 1. The molecule has 0 saturated carbocycles. The molecule has 1 aromatic carbocycles. The molecule has 4 rings (SSSR count). The van der Waals surface area contributed by atoms with Crippen LogP contribution < -0.4 is 4.74 Å². The Morgan fingerprint density at radius 3 is 2.80 bits per heavy atom. The Morgan fingerprint density at radius 1 is 1.20 bits per heavy atom. The average molecular weight is 403 g/mol. The summed E-state index contributed by atoms with van der Waals surface area (Å²) in [4.78, 5) is 14.5. The Labute approximate surface area is 154 Å². The highest BCUT2D eigenvalue weighted by Gasteiger charge is 2.10. The molecule has 1 aliphatic rings. The van der Waals surface area contributed by atoms with E-state index in [-0.39, 0.29) is 0 Å². The van der Waals surface area contributed by atoms with E-state index in [9.17, 15) is 0 Å². The number of rotatable bonds is 5. The highest BCUT2D eigenvalue weighted by Crippen LogP contribution is 2.23. The molecule has 1 aliphatic heterocycles. The van der Waals surface area contributed by atoms with Gasteiger partial charge in [0.2, 0.25) is 0 Å². The Hall–Kier alpha value is -1.96. The predicted octanol–water partition coefficient (Wildman–Crippen LogP) is 3.10. The molecule has 0 radical (unpaired) electrons. The smallest absolute Gasteiger partial charge is 0.157 e. The van der Waals surface area contributed by atoms with Crippen LogP contribution in [0.5, 0.6) is 5.75 Å². The van der Waals surface area contributed by atoms with Gasteiger partial charge < -0.3 is 14.5 Å². The lowest BCUT2D eigenvalue weighted by Gasteiger charge is -2.26. The minimum Gasteiger partial charge on any atom is -0.492 e. The number of aromatic nitrogens is 3. The van der Waals surface area contributed by atoms with Gasteiger partial charge in [-0.3, -0.25) is 4.90 Å². The first-order chi connectivity index (χ1) is 12.3. The van der Waals surface area contributed by atoms with Crippen LogP contribution >= 0.6 is 15.9 Å². The molecule has 2 aromatic heterocycles. The van der Waals surface area contributed by atoms with Gasteiger partial charge in [0.15, 0.2) is 5.65 Å². The van der Waals surface area contributed by atoms with E-state index in [1.165, 1.54) is 0 Å². The third-order valence-corrected chi connectivity index (χ3v) is 4.64. The number of halogens is 1. The van der Waals surface area contributed by atoms with Crippen molar-refractivity contribution >= 4 is 27.1 Å². The van der Waals surface area contributed by atoms with Gasteiger partial charge in [-0.15, -0.1) is 0 Å². The average Bonchev–Trinajstić information content (AvgIpc) is 3.06. The zero-order chi connectivity index (χ0) is 17.1. The predicted molar refractivity (Wildman–Crippen MR) is 99.8 cm³/mol. The van der Waals surface area contributed by atoms with Crippen molar-refractivity contribution in [3.8, 4) is 17.1 Å². The number of hydrogen-bond donors (Lipinski definition) is 1. The van der Waals surface area contributed by atoms with E-state index in [0.29, 0.717) is 6.61 Å². The topological polar surface area (TPSA) is 63.3 Å². The van der Waals surface area contributed by atoms with E-state index in [4.69, 9.17) is 9.47 Å². The van der Waals surface area contributed by atoms with Crippen molar-refractivity contribution in [3.63, 3.8) is 0 Å². The summed E-state index contributed by atoms with van der Waals surface area (Å²) in [6, 6.07) is 9.93. The van der Waals surface area contributed by atoms with Crippen molar-refractivity contribution in [1.29, 1.82) is 0 Å². The zero-order valence-electron chi connectivity index (χ0n) is 13.7. The number of imidazole rings is 1. The van der Waals surface area contributed by atoms with Crippen molar-refractivity contribution in [2.75, 3.05) is 39.5 Å². The molecule has 0 aliphatic carbocycles.